The number of nitrogens with zero attached hydrogens (tertiary/aromatic N) is 1. The standard InChI is InChI=1S/C16H17FN2O4S2/c1-10(15(20)19-13-6-7-25(21,22)9-13)24-16-18-8-14(23-16)11-2-4-12(17)5-3-11/h2-5,8,10,13H,6-7,9H2,1H3,(H,19,20). The molecule has 0 bridgehead atoms. The molecular formula is C16H17FN2O4S2. The van der Waals surface area contributed by atoms with Gasteiger partial charge in [-0.05, 0) is 37.6 Å². The number of sulfone groups is 1. The Morgan fingerprint density at radius 1 is 1.40 bits per heavy atom. The van der Waals surface area contributed by atoms with Crippen molar-refractivity contribution in [2.45, 2.75) is 29.9 Å². The van der Waals surface area contributed by atoms with Gasteiger partial charge < -0.3 is 9.73 Å². The number of nitrogens with one attached hydrogen (secondary N) is 1. The molecule has 1 aliphatic heterocycles. The molecule has 2 aromatic rings. The number of rotatable bonds is 5. The molecule has 2 heterocycles. The molecule has 1 amide bonds. The molecule has 1 aromatic carbocycles. The zero-order valence-electron chi connectivity index (χ0n) is 13.4. The van der Waals surface area contributed by atoms with Crippen LogP contribution in [0.5, 0.6) is 0 Å². The van der Waals surface area contributed by atoms with Crippen molar-refractivity contribution in [1.82, 2.24) is 10.3 Å². The quantitative estimate of drug-likeness (QED) is 0.796. The van der Waals surface area contributed by atoms with Gasteiger partial charge in [-0.2, -0.15) is 0 Å². The van der Waals surface area contributed by atoms with Gasteiger partial charge >= 0.3 is 0 Å². The molecule has 1 saturated heterocycles. The van der Waals surface area contributed by atoms with Crippen molar-refractivity contribution < 1.29 is 22.0 Å². The van der Waals surface area contributed by atoms with E-state index in [1.165, 1.54) is 18.3 Å². The predicted octanol–water partition coefficient (Wildman–Crippen LogP) is 2.26. The number of carbonyl (C=O) groups excluding carboxylic acids is 1. The molecule has 1 N–H and O–H groups in total. The maximum Gasteiger partial charge on any atom is 0.256 e. The highest BCUT2D eigenvalue weighted by atomic mass is 32.2. The lowest BCUT2D eigenvalue weighted by Gasteiger charge is -2.14. The van der Waals surface area contributed by atoms with E-state index in [-0.39, 0.29) is 29.3 Å². The summed E-state index contributed by atoms with van der Waals surface area (Å²) in [6, 6.07) is 5.49. The van der Waals surface area contributed by atoms with E-state index < -0.39 is 15.1 Å². The Labute approximate surface area is 149 Å². The lowest BCUT2D eigenvalue weighted by atomic mass is 10.2. The first-order valence-corrected chi connectivity index (χ1v) is 10.4. The smallest absolute Gasteiger partial charge is 0.256 e. The SMILES string of the molecule is CC(Sc1ncc(-c2ccc(F)cc2)o1)C(=O)NC1CCS(=O)(=O)C1. The number of hydrogen-bond donors (Lipinski definition) is 1. The highest BCUT2D eigenvalue weighted by molar-refractivity contribution is 8.00. The second kappa shape index (κ2) is 7.17. The number of halogens is 1. The molecule has 1 fully saturated rings. The van der Waals surface area contributed by atoms with E-state index in [0.717, 1.165) is 11.8 Å². The number of aromatic nitrogens is 1. The summed E-state index contributed by atoms with van der Waals surface area (Å²) in [5.74, 6) is -0.00733. The summed E-state index contributed by atoms with van der Waals surface area (Å²) >= 11 is 1.14. The Bertz CT molecular complexity index is 865. The molecule has 2 atom stereocenters. The molecule has 1 aromatic heterocycles. The minimum absolute atomic E-state index is 0.0101. The summed E-state index contributed by atoms with van der Waals surface area (Å²) in [7, 11) is -3.04. The predicted molar refractivity (Wildman–Crippen MR) is 92.4 cm³/mol. The van der Waals surface area contributed by atoms with Crippen molar-refractivity contribution in [2.24, 2.45) is 0 Å². The molecule has 1 aliphatic rings. The van der Waals surface area contributed by atoms with Crippen molar-refractivity contribution >= 4 is 27.5 Å². The minimum atomic E-state index is -3.04. The third kappa shape index (κ3) is 4.60. The monoisotopic (exact) mass is 384 g/mol. The number of benzene rings is 1. The van der Waals surface area contributed by atoms with Gasteiger partial charge in [-0.1, -0.05) is 11.8 Å². The Morgan fingerprint density at radius 2 is 2.12 bits per heavy atom. The van der Waals surface area contributed by atoms with Gasteiger partial charge in [0.1, 0.15) is 5.82 Å². The fourth-order valence-electron chi connectivity index (χ4n) is 2.49. The summed E-state index contributed by atoms with van der Waals surface area (Å²) in [6.07, 6.45) is 1.96. The maximum atomic E-state index is 13.0. The summed E-state index contributed by atoms with van der Waals surface area (Å²) < 4.78 is 41.4. The first-order valence-electron chi connectivity index (χ1n) is 7.71. The average molecular weight is 384 g/mol. The van der Waals surface area contributed by atoms with E-state index in [4.69, 9.17) is 4.42 Å². The van der Waals surface area contributed by atoms with Crippen LogP contribution in [0, 0.1) is 5.82 Å². The van der Waals surface area contributed by atoms with Crippen molar-refractivity contribution in [1.29, 1.82) is 0 Å². The number of amides is 1. The maximum absolute atomic E-state index is 13.0. The fourth-order valence-corrected chi connectivity index (χ4v) is 4.89. The van der Waals surface area contributed by atoms with Gasteiger partial charge in [0.05, 0.1) is 23.0 Å². The zero-order valence-corrected chi connectivity index (χ0v) is 15.1. The second-order valence-corrected chi connectivity index (χ2v) is 9.39. The van der Waals surface area contributed by atoms with E-state index in [1.807, 2.05) is 0 Å². The van der Waals surface area contributed by atoms with Crippen LogP contribution in [0.4, 0.5) is 4.39 Å². The Kier molecular flexibility index (Phi) is 5.14. The van der Waals surface area contributed by atoms with Crippen LogP contribution in [0.2, 0.25) is 0 Å². The third-order valence-corrected chi connectivity index (χ3v) is 6.56. The van der Waals surface area contributed by atoms with E-state index in [1.54, 1.807) is 19.1 Å². The molecule has 6 nitrogen and oxygen atoms in total. The largest absolute Gasteiger partial charge is 0.431 e. The topological polar surface area (TPSA) is 89.3 Å². The van der Waals surface area contributed by atoms with Crippen LogP contribution in [0.25, 0.3) is 11.3 Å². The van der Waals surface area contributed by atoms with Crippen LogP contribution in [0.1, 0.15) is 13.3 Å². The van der Waals surface area contributed by atoms with Crippen molar-refractivity contribution in [3.8, 4) is 11.3 Å². The Hall–Kier alpha value is -1.87. The first kappa shape index (κ1) is 17.9. The molecule has 0 radical (unpaired) electrons. The number of carbonyl (C=O) groups is 1. The molecule has 3 rings (SSSR count). The third-order valence-electron chi connectivity index (χ3n) is 3.84. The number of oxazole rings is 1. The van der Waals surface area contributed by atoms with Crippen LogP contribution in [-0.2, 0) is 14.6 Å². The number of thioether (sulfide) groups is 1. The highest BCUT2D eigenvalue weighted by Gasteiger charge is 2.30. The lowest BCUT2D eigenvalue weighted by molar-refractivity contribution is -0.120. The van der Waals surface area contributed by atoms with Gasteiger partial charge in [0.15, 0.2) is 15.6 Å². The highest BCUT2D eigenvalue weighted by Crippen LogP contribution is 2.28. The van der Waals surface area contributed by atoms with E-state index in [2.05, 4.69) is 10.3 Å². The summed E-state index contributed by atoms with van der Waals surface area (Å²) in [6.45, 7) is 1.70. The van der Waals surface area contributed by atoms with Crippen molar-refractivity contribution in [3.05, 3.63) is 36.3 Å². The molecule has 0 spiro atoms. The summed E-state index contributed by atoms with van der Waals surface area (Å²) in [5.41, 5.74) is 0.689. The van der Waals surface area contributed by atoms with Crippen molar-refractivity contribution in [3.63, 3.8) is 0 Å². The van der Waals surface area contributed by atoms with Gasteiger partial charge in [-0.3, -0.25) is 4.79 Å². The lowest BCUT2D eigenvalue weighted by Crippen LogP contribution is -2.39. The van der Waals surface area contributed by atoms with Crippen LogP contribution in [0.15, 0.2) is 40.1 Å². The zero-order chi connectivity index (χ0) is 18.0. The van der Waals surface area contributed by atoms with Crippen LogP contribution in [-0.4, -0.2) is 42.1 Å². The average Bonchev–Trinajstić information content (AvgIpc) is 3.14. The van der Waals surface area contributed by atoms with Gasteiger partial charge in [0, 0.05) is 11.6 Å². The molecular weight excluding hydrogens is 367 g/mol. The van der Waals surface area contributed by atoms with Gasteiger partial charge in [0.25, 0.3) is 5.22 Å². The van der Waals surface area contributed by atoms with Gasteiger partial charge in [0.2, 0.25) is 5.91 Å². The molecule has 9 heteroatoms. The van der Waals surface area contributed by atoms with Crippen molar-refractivity contribution in [2.75, 3.05) is 11.5 Å². The summed E-state index contributed by atoms with van der Waals surface area (Å²) in [5, 5.41) is 2.59. The minimum Gasteiger partial charge on any atom is -0.431 e. The molecule has 25 heavy (non-hydrogen) atoms. The molecule has 0 aliphatic carbocycles. The Balaban J connectivity index is 1.58. The van der Waals surface area contributed by atoms with Crippen LogP contribution < -0.4 is 5.32 Å². The number of hydrogen-bond acceptors (Lipinski definition) is 6. The van der Waals surface area contributed by atoms with Gasteiger partial charge in [-0.15, -0.1) is 0 Å². The Morgan fingerprint density at radius 3 is 2.76 bits per heavy atom. The van der Waals surface area contributed by atoms with E-state index in [9.17, 15) is 17.6 Å². The molecule has 0 saturated carbocycles. The molecule has 2 unspecified atom stereocenters. The molecule has 134 valence electrons. The van der Waals surface area contributed by atoms with E-state index in [0.29, 0.717) is 23.0 Å². The second-order valence-electron chi connectivity index (χ2n) is 5.87. The fraction of sp³-hybridized carbons (Fsp3) is 0.375. The van der Waals surface area contributed by atoms with Gasteiger partial charge in [-0.25, -0.2) is 17.8 Å². The van der Waals surface area contributed by atoms with Crippen LogP contribution >= 0.6 is 11.8 Å². The summed E-state index contributed by atoms with van der Waals surface area (Å²) in [4.78, 5) is 16.3. The van der Waals surface area contributed by atoms with E-state index >= 15 is 0 Å². The first-order chi connectivity index (χ1) is 11.8. The normalized spacial score (nSPS) is 20.3. The van der Waals surface area contributed by atoms with Crippen LogP contribution in [0.3, 0.4) is 0 Å².